The Morgan fingerprint density at radius 1 is 1.47 bits per heavy atom. The Morgan fingerprint density at radius 2 is 2.06 bits per heavy atom. The minimum absolute atomic E-state index is 0.0327. The van der Waals surface area contributed by atoms with E-state index in [1.54, 1.807) is 6.08 Å². The second kappa shape index (κ2) is 6.52. The third-order valence-corrected chi connectivity index (χ3v) is 5.00. The average molecular weight is 261 g/mol. The Balaban J connectivity index is 2.66. The van der Waals surface area contributed by atoms with E-state index in [1.165, 1.54) is 0 Å². The van der Waals surface area contributed by atoms with Gasteiger partial charge in [0.2, 0.25) is 10.0 Å². The molecule has 17 heavy (non-hydrogen) atoms. The lowest BCUT2D eigenvalue weighted by Crippen LogP contribution is -2.36. The van der Waals surface area contributed by atoms with Crippen LogP contribution in [0, 0.1) is 11.8 Å². The summed E-state index contributed by atoms with van der Waals surface area (Å²) in [6, 6.07) is 0. The summed E-state index contributed by atoms with van der Waals surface area (Å²) in [5.41, 5.74) is 0. The highest BCUT2D eigenvalue weighted by molar-refractivity contribution is 7.89. The Kier molecular flexibility index (Phi) is 5.62. The number of sulfonamides is 1. The van der Waals surface area contributed by atoms with Gasteiger partial charge in [-0.15, -0.1) is 6.58 Å². The maximum Gasteiger partial charge on any atom is 0.212 e. The summed E-state index contributed by atoms with van der Waals surface area (Å²) < 4.78 is 28.5. The molecule has 1 saturated heterocycles. The van der Waals surface area contributed by atoms with Gasteiger partial charge in [-0.05, 0) is 37.5 Å². The zero-order chi connectivity index (χ0) is 12.9. The summed E-state index contributed by atoms with van der Waals surface area (Å²) in [4.78, 5) is 0. The van der Waals surface area contributed by atoms with Gasteiger partial charge in [0.1, 0.15) is 0 Å². The highest BCUT2D eigenvalue weighted by Crippen LogP contribution is 2.27. The van der Waals surface area contributed by atoms with Crippen LogP contribution in [-0.4, -0.2) is 26.9 Å². The van der Waals surface area contributed by atoms with Crippen molar-refractivity contribution in [3.63, 3.8) is 0 Å². The fourth-order valence-electron chi connectivity index (χ4n) is 2.42. The molecule has 1 heterocycles. The number of rotatable bonds is 6. The largest absolute Gasteiger partial charge is 0.381 e. The van der Waals surface area contributed by atoms with E-state index in [9.17, 15) is 8.42 Å². The fraction of sp³-hybridized carbons (Fsp3) is 0.833. The SMILES string of the molecule is C=CC[C@H](C)[C@@H](CC1CCOCC1)S(N)(=O)=O. The van der Waals surface area contributed by atoms with Gasteiger partial charge in [-0.25, -0.2) is 13.6 Å². The molecule has 100 valence electrons. The fourth-order valence-corrected chi connectivity index (χ4v) is 3.71. The van der Waals surface area contributed by atoms with Crippen molar-refractivity contribution in [2.45, 2.75) is 37.9 Å². The molecule has 0 saturated carbocycles. The number of allylic oxidation sites excluding steroid dienone is 1. The molecule has 0 bridgehead atoms. The number of primary sulfonamides is 1. The molecule has 1 fully saturated rings. The van der Waals surface area contributed by atoms with Gasteiger partial charge >= 0.3 is 0 Å². The van der Waals surface area contributed by atoms with Gasteiger partial charge in [0.05, 0.1) is 5.25 Å². The molecule has 0 aromatic carbocycles. The molecule has 4 nitrogen and oxygen atoms in total. The summed E-state index contributed by atoms with van der Waals surface area (Å²) in [5.74, 6) is 0.449. The van der Waals surface area contributed by atoms with Crippen LogP contribution < -0.4 is 5.14 Å². The summed E-state index contributed by atoms with van der Waals surface area (Å²) in [6.07, 6.45) is 4.97. The Morgan fingerprint density at radius 3 is 2.53 bits per heavy atom. The molecule has 0 radical (unpaired) electrons. The second-order valence-electron chi connectivity index (χ2n) is 4.92. The van der Waals surface area contributed by atoms with Crippen molar-refractivity contribution in [1.82, 2.24) is 0 Å². The molecule has 0 aromatic rings. The van der Waals surface area contributed by atoms with Crippen molar-refractivity contribution < 1.29 is 13.2 Å². The molecule has 0 aromatic heterocycles. The molecular formula is C12H23NO3S. The van der Waals surface area contributed by atoms with Gasteiger partial charge in [0.25, 0.3) is 0 Å². The van der Waals surface area contributed by atoms with E-state index in [-0.39, 0.29) is 5.92 Å². The van der Waals surface area contributed by atoms with Crippen molar-refractivity contribution in [3.8, 4) is 0 Å². The lowest BCUT2D eigenvalue weighted by atomic mass is 9.89. The number of hydrogen-bond acceptors (Lipinski definition) is 3. The van der Waals surface area contributed by atoms with Crippen LogP contribution in [0.25, 0.3) is 0 Å². The van der Waals surface area contributed by atoms with Crippen LogP contribution in [0.5, 0.6) is 0 Å². The molecule has 0 amide bonds. The molecule has 0 aliphatic carbocycles. The van der Waals surface area contributed by atoms with Crippen molar-refractivity contribution in [3.05, 3.63) is 12.7 Å². The lowest BCUT2D eigenvalue weighted by molar-refractivity contribution is 0.0624. The number of ether oxygens (including phenoxy) is 1. The van der Waals surface area contributed by atoms with Crippen molar-refractivity contribution in [1.29, 1.82) is 0 Å². The van der Waals surface area contributed by atoms with Crippen LogP contribution in [0.2, 0.25) is 0 Å². The Labute approximate surface area is 104 Å². The molecule has 1 rings (SSSR count). The standard InChI is InChI=1S/C12H23NO3S/c1-3-4-10(2)12(17(13,14)15)9-11-5-7-16-8-6-11/h3,10-12H,1,4-9H2,2H3,(H2,13,14,15)/t10-,12+/m0/s1. The van der Waals surface area contributed by atoms with Crippen LogP contribution in [0.15, 0.2) is 12.7 Å². The highest BCUT2D eigenvalue weighted by Gasteiger charge is 2.30. The predicted octanol–water partition coefficient (Wildman–Crippen LogP) is 1.67. The summed E-state index contributed by atoms with van der Waals surface area (Å²) >= 11 is 0. The summed E-state index contributed by atoms with van der Waals surface area (Å²) in [6.45, 7) is 7.05. The van der Waals surface area contributed by atoms with Crippen LogP contribution in [0.4, 0.5) is 0 Å². The van der Waals surface area contributed by atoms with Gasteiger partial charge in [-0.3, -0.25) is 0 Å². The first-order chi connectivity index (χ1) is 7.95. The third kappa shape index (κ3) is 4.77. The van der Waals surface area contributed by atoms with E-state index in [4.69, 9.17) is 9.88 Å². The molecule has 2 atom stereocenters. The van der Waals surface area contributed by atoms with E-state index in [2.05, 4.69) is 6.58 Å². The van der Waals surface area contributed by atoms with Gasteiger partial charge in [-0.2, -0.15) is 0 Å². The first-order valence-corrected chi connectivity index (χ1v) is 7.76. The van der Waals surface area contributed by atoms with Crippen LogP contribution in [-0.2, 0) is 14.8 Å². The minimum Gasteiger partial charge on any atom is -0.381 e. The molecule has 0 unspecified atom stereocenters. The van der Waals surface area contributed by atoms with Gasteiger partial charge in [0.15, 0.2) is 0 Å². The quantitative estimate of drug-likeness (QED) is 0.739. The number of hydrogen-bond donors (Lipinski definition) is 1. The Hall–Kier alpha value is -0.390. The normalized spacial score (nSPS) is 22.0. The molecule has 5 heteroatoms. The zero-order valence-corrected chi connectivity index (χ0v) is 11.3. The zero-order valence-electron chi connectivity index (χ0n) is 10.5. The molecule has 1 aliphatic heterocycles. The average Bonchev–Trinajstić information content (AvgIpc) is 2.26. The lowest BCUT2D eigenvalue weighted by Gasteiger charge is -2.28. The molecule has 1 aliphatic rings. The minimum atomic E-state index is -3.47. The highest BCUT2D eigenvalue weighted by atomic mass is 32.2. The van der Waals surface area contributed by atoms with Crippen LogP contribution >= 0.6 is 0 Å². The summed E-state index contributed by atoms with van der Waals surface area (Å²) in [5, 5.41) is 4.88. The van der Waals surface area contributed by atoms with E-state index in [0.29, 0.717) is 18.8 Å². The topological polar surface area (TPSA) is 69.4 Å². The summed E-state index contributed by atoms with van der Waals surface area (Å²) in [7, 11) is -3.47. The van der Waals surface area contributed by atoms with E-state index < -0.39 is 15.3 Å². The van der Waals surface area contributed by atoms with Gasteiger partial charge in [0, 0.05) is 13.2 Å². The van der Waals surface area contributed by atoms with Crippen molar-refractivity contribution in [2.24, 2.45) is 17.0 Å². The number of nitrogens with two attached hydrogens (primary N) is 1. The Bertz CT molecular complexity index is 334. The molecule has 2 N–H and O–H groups in total. The molecule has 0 spiro atoms. The third-order valence-electron chi connectivity index (χ3n) is 3.50. The van der Waals surface area contributed by atoms with E-state index >= 15 is 0 Å². The molecular weight excluding hydrogens is 238 g/mol. The van der Waals surface area contributed by atoms with Crippen LogP contribution in [0.1, 0.15) is 32.6 Å². The van der Waals surface area contributed by atoms with E-state index in [0.717, 1.165) is 26.1 Å². The monoisotopic (exact) mass is 261 g/mol. The first-order valence-electron chi connectivity index (χ1n) is 6.15. The van der Waals surface area contributed by atoms with Gasteiger partial charge in [-0.1, -0.05) is 13.0 Å². The smallest absolute Gasteiger partial charge is 0.212 e. The first kappa shape index (κ1) is 14.7. The van der Waals surface area contributed by atoms with Crippen molar-refractivity contribution >= 4 is 10.0 Å². The maximum absolute atomic E-state index is 11.6. The van der Waals surface area contributed by atoms with Crippen LogP contribution in [0.3, 0.4) is 0 Å². The van der Waals surface area contributed by atoms with E-state index in [1.807, 2.05) is 6.92 Å². The predicted molar refractivity (Wildman–Crippen MR) is 69.0 cm³/mol. The maximum atomic E-state index is 11.6. The van der Waals surface area contributed by atoms with Gasteiger partial charge < -0.3 is 4.74 Å². The van der Waals surface area contributed by atoms with Crippen molar-refractivity contribution in [2.75, 3.05) is 13.2 Å². The second-order valence-corrected chi connectivity index (χ2v) is 6.70.